The Hall–Kier alpha value is -2.73. The second kappa shape index (κ2) is 8.39. The van der Waals surface area contributed by atoms with E-state index in [1.165, 1.54) is 6.92 Å². The van der Waals surface area contributed by atoms with E-state index in [0.29, 0.717) is 16.2 Å². The normalized spacial score (nSPS) is 10.2. The number of anilines is 2. The number of nitrogens with one attached hydrogen (secondary N) is 2. The Morgan fingerprint density at radius 1 is 0.960 bits per heavy atom. The molecule has 0 bridgehead atoms. The number of benzene rings is 2. The number of hydrogen-bond donors (Lipinski definition) is 2. The highest BCUT2D eigenvalue weighted by molar-refractivity contribution is 7.80. The number of ether oxygens (including phenoxy) is 1. The molecular formula is C19H20N2O3S. The third kappa shape index (κ3) is 5.69. The van der Waals surface area contributed by atoms with Crippen LogP contribution in [-0.4, -0.2) is 23.0 Å². The van der Waals surface area contributed by atoms with Crippen molar-refractivity contribution in [3.63, 3.8) is 0 Å². The average molecular weight is 356 g/mol. The molecule has 0 saturated carbocycles. The van der Waals surface area contributed by atoms with Crippen LogP contribution in [0.5, 0.6) is 0 Å². The van der Waals surface area contributed by atoms with E-state index >= 15 is 0 Å². The Kier molecular flexibility index (Phi) is 6.25. The molecule has 0 fully saturated rings. The Balaban J connectivity index is 1.97. The molecule has 0 saturated heterocycles. The van der Waals surface area contributed by atoms with Crippen LogP contribution in [0.2, 0.25) is 0 Å². The molecule has 0 atom stereocenters. The quantitative estimate of drug-likeness (QED) is 0.474. The summed E-state index contributed by atoms with van der Waals surface area (Å²) in [5.74, 6) is -0.366. The summed E-state index contributed by atoms with van der Waals surface area (Å²) in [6.45, 7) is 5.12. The van der Waals surface area contributed by atoms with E-state index in [1.807, 2.05) is 6.07 Å². The monoisotopic (exact) mass is 356 g/mol. The number of carbonyl (C=O) groups is 2. The average Bonchev–Trinajstić information content (AvgIpc) is 2.55. The predicted octanol–water partition coefficient (Wildman–Crippen LogP) is 4.26. The van der Waals surface area contributed by atoms with Crippen LogP contribution >= 0.6 is 12.2 Å². The summed E-state index contributed by atoms with van der Waals surface area (Å²) in [6.07, 6.45) is -0.159. The molecule has 6 heteroatoms. The highest BCUT2D eigenvalue weighted by Gasteiger charge is 2.09. The first-order valence-corrected chi connectivity index (χ1v) is 8.26. The maximum atomic E-state index is 11.8. The van der Waals surface area contributed by atoms with Gasteiger partial charge in [-0.3, -0.25) is 4.79 Å². The topological polar surface area (TPSA) is 67.4 Å². The standard InChI is InChI=1S/C19H20N2O3S/c1-12(2)24-18(23)14-7-9-16(10-8-14)20-19(25)21-17-6-4-5-15(11-17)13(3)22/h4-12H,1-3H3,(H2,20,21,25). The van der Waals surface area contributed by atoms with E-state index in [9.17, 15) is 9.59 Å². The van der Waals surface area contributed by atoms with Gasteiger partial charge in [-0.15, -0.1) is 0 Å². The van der Waals surface area contributed by atoms with Crippen molar-refractivity contribution >= 4 is 40.5 Å². The molecule has 0 aliphatic heterocycles. The fourth-order valence-corrected chi connectivity index (χ4v) is 2.32. The van der Waals surface area contributed by atoms with Crippen LogP contribution < -0.4 is 10.6 Å². The molecule has 0 aliphatic carbocycles. The molecule has 5 nitrogen and oxygen atoms in total. The summed E-state index contributed by atoms with van der Waals surface area (Å²) in [5.41, 5.74) is 2.55. The molecule has 25 heavy (non-hydrogen) atoms. The lowest BCUT2D eigenvalue weighted by atomic mass is 10.1. The number of thiocarbonyl (C=S) groups is 1. The molecule has 2 rings (SSSR count). The third-order valence-corrected chi connectivity index (χ3v) is 3.45. The Labute approximate surface area is 152 Å². The Morgan fingerprint density at radius 3 is 2.20 bits per heavy atom. The molecule has 0 amide bonds. The molecule has 0 heterocycles. The number of Topliss-reactive ketones (excluding diaryl/α,β-unsaturated/α-hetero) is 1. The summed E-state index contributed by atoms with van der Waals surface area (Å²) in [4.78, 5) is 23.2. The van der Waals surface area contributed by atoms with Crippen molar-refractivity contribution in [1.82, 2.24) is 0 Å². The number of rotatable bonds is 5. The Morgan fingerprint density at radius 2 is 1.60 bits per heavy atom. The van der Waals surface area contributed by atoms with Crippen molar-refractivity contribution in [2.45, 2.75) is 26.9 Å². The number of esters is 1. The summed E-state index contributed by atoms with van der Waals surface area (Å²) in [7, 11) is 0. The first kappa shape index (κ1) is 18.6. The van der Waals surface area contributed by atoms with E-state index in [1.54, 1.807) is 56.3 Å². The van der Waals surface area contributed by atoms with Gasteiger partial charge >= 0.3 is 5.97 Å². The van der Waals surface area contributed by atoms with E-state index in [4.69, 9.17) is 17.0 Å². The summed E-state index contributed by atoms with van der Waals surface area (Å²) >= 11 is 5.27. The molecule has 0 spiro atoms. The molecule has 0 aliphatic rings. The highest BCUT2D eigenvalue weighted by Crippen LogP contribution is 2.14. The minimum atomic E-state index is -0.358. The molecule has 0 radical (unpaired) electrons. The zero-order valence-electron chi connectivity index (χ0n) is 14.3. The lowest BCUT2D eigenvalue weighted by molar-refractivity contribution is 0.0378. The Bertz CT molecular complexity index is 786. The smallest absolute Gasteiger partial charge is 0.338 e. The van der Waals surface area contributed by atoms with Gasteiger partial charge in [-0.2, -0.15) is 0 Å². The maximum Gasteiger partial charge on any atom is 0.338 e. The van der Waals surface area contributed by atoms with Crippen LogP contribution in [0.4, 0.5) is 11.4 Å². The first-order chi connectivity index (χ1) is 11.8. The lowest BCUT2D eigenvalue weighted by Crippen LogP contribution is -2.19. The number of ketones is 1. The molecule has 2 N–H and O–H groups in total. The zero-order chi connectivity index (χ0) is 18.4. The van der Waals surface area contributed by atoms with Crippen LogP contribution in [-0.2, 0) is 4.74 Å². The van der Waals surface area contributed by atoms with Gasteiger partial charge in [0, 0.05) is 16.9 Å². The van der Waals surface area contributed by atoms with Crippen LogP contribution in [0, 0.1) is 0 Å². The summed E-state index contributed by atoms with van der Waals surface area (Å²) in [6, 6.07) is 13.9. The molecule has 0 aromatic heterocycles. The van der Waals surface area contributed by atoms with Gasteiger partial charge in [-0.25, -0.2) is 4.79 Å². The minimum absolute atomic E-state index is 0.00796. The maximum absolute atomic E-state index is 11.8. The number of hydrogen-bond acceptors (Lipinski definition) is 4. The van der Waals surface area contributed by atoms with Gasteiger partial charge in [-0.1, -0.05) is 12.1 Å². The third-order valence-electron chi connectivity index (χ3n) is 3.25. The van der Waals surface area contributed by atoms with Crippen molar-refractivity contribution < 1.29 is 14.3 Å². The molecule has 130 valence electrons. The molecule has 2 aromatic rings. The van der Waals surface area contributed by atoms with Crippen molar-refractivity contribution in [1.29, 1.82) is 0 Å². The van der Waals surface area contributed by atoms with Crippen molar-refractivity contribution in [3.8, 4) is 0 Å². The van der Waals surface area contributed by atoms with E-state index < -0.39 is 0 Å². The van der Waals surface area contributed by atoms with E-state index in [2.05, 4.69) is 10.6 Å². The molecule has 0 unspecified atom stereocenters. The van der Waals surface area contributed by atoms with Crippen LogP contribution in [0.1, 0.15) is 41.5 Å². The van der Waals surface area contributed by atoms with Crippen LogP contribution in [0.25, 0.3) is 0 Å². The van der Waals surface area contributed by atoms with Gasteiger partial charge in [0.1, 0.15) is 0 Å². The lowest BCUT2D eigenvalue weighted by Gasteiger charge is -2.12. The van der Waals surface area contributed by atoms with Gasteiger partial charge in [0.2, 0.25) is 0 Å². The minimum Gasteiger partial charge on any atom is -0.459 e. The fourth-order valence-electron chi connectivity index (χ4n) is 2.08. The van der Waals surface area contributed by atoms with Crippen LogP contribution in [0.3, 0.4) is 0 Å². The van der Waals surface area contributed by atoms with Gasteiger partial charge in [0.05, 0.1) is 11.7 Å². The second-order valence-corrected chi connectivity index (χ2v) is 6.16. The fraction of sp³-hybridized carbons (Fsp3) is 0.211. The van der Waals surface area contributed by atoms with Gasteiger partial charge in [0.25, 0.3) is 0 Å². The van der Waals surface area contributed by atoms with Gasteiger partial charge < -0.3 is 15.4 Å². The molecule has 2 aromatic carbocycles. The zero-order valence-corrected chi connectivity index (χ0v) is 15.1. The van der Waals surface area contributed by atoms with Crippen molar-refractivity contribution in [2.75, 3.05) is 10.6 Å². The largest absolute Gasteiger partial charge is 0.459 e. The van der Waals surface area contributed by atoms with E-state index in [-0.39, 0.29) is 17.9 Å². The summed E-state index contributed by atoms with van der Waals surface area (Å²) < 4.78 is 5.14. The second-order valence-electron chi connectivity index (χ2n) is 5.75. The summed E-state index contributed by atoms with van der Waals surface area (Å²) in [5, 5.41) is 6.44. The van der Waals surface area contributed by atoms with Gasteiger partial charge in [-0.05, 0) is 69.4 Å². The van der Waals surface area contributed by atoms with Crippen molar-refractivity contribution in [3.05, 3.63) is 59.7 Å². The number of carbonyl (C=O) groups excluding carboxylic acids is 2. The highest BCUT2D eigenvalue weighted by atomic mass is 32.1. The SMILES string of the molecule is CC(=O)c1cccc(NC(=S)Nc2ccc(C(=O)OC(C)C)cc2)c1. The molecular weight excluding hydrogens is 336 g/mol. The van der Waals surface area contributed by atoms with Gasteiger partial charge in [0.15, 0.2) is 10.9 Å². The first-order valence-electron chi connectivity index (χ1n) is 7.85. The predicted molar refractivity (Wildman–Crippen MR) is 103 cm³/mol. The van der Waals surface area contributed by atoms with Crippen LogP contribution in [0.15, 0.2) is 48.5 Å². The van der Waals surface area contributed by atoms with Crippen molar-refractivity contribution in [2.24, 2.45) is 0 Å². The van der Waals surface area contributed by atoms with E-state index in [0.717, 1.165) is 11.4 Å².